The van der Waals surface area contributed by atoms with Crippen LogP contribution in [-0.2, 0) is 16.2 Å². The van der Waals surface area contributed by atoms with E-state index in [9.17, 15) is 26.4 Å². The average molecular weight is 437 g/mol. The smallest absolute Gasteiger partial charge is 0.354 e. The van der Waals surface area contributed by atoms with E-state index in [0.717, 1.165) is 18.3 Å². The fourth-order valence-corrected chi connectivity index (χ4v) is 3.23. The summed E-state index contributed by atoms with van der Waals surface area (Å²) in [5.41, 5.74) is -1.07. The lowest BCUT2D eigenvalue weighted by atomic mass is 10.2. The summed E-state index contributed by atoms with van der Waals surface area (Å²) in [7, 11) is -4.44. The fourth-order valence-electron chi connectivity index (χ4n) is 2.06. The van der Waals surface area contributed by atoms with Crippen molar-refractivity contribution in [3.05, 3.63) is 47.2 Å². The van der Waals surface area contributed by atoms with Gasteiger partial charge in [-0.3, -0.25) is 14.5 Å². The second kappa shape index (κ2) is 8.23. The van der Waals surface area contributed by atoms with E-state index in [2.05, 4.69) is 20.3 Å². The van der Waals surface area contributed by atoms with Gasteiger partial charge in [0.15, 0.2) is 0 Å². The number of hydrogen-bond donors (Lipinski definition) is 3. The molecule has 0 aliphatic carbocycles. The van der Waals surface area contributed by atoms with Crippen LogP contribution in [0, 0.1) is 0 Å². The Morgan fingerprint density at radius 1 is 1.18 bits per heavy atom. The number of halogens is 4. The highest BCUT2D eigenvalue weighted by atomic mass is 35.5. The summed E-state index contributed by atoms with van der Waals surface area (Å²) < 4.78 is 65.3. The molecule has 1 heterocycles. The molecule has 0 saturated heterocycles. The van der Waals surface area contributed by atoms with Crippen molar-refractivity contribution >= 4 is 43.9 Å². The van der Waals surface area contributed by atoms with Crippen LogP contribution in [-0.4, -0.2) is 24.7 Å². The molecule has 152 valence electrons. The quantitative estimate of drug-likeness (QED) is 0.646. The Bertz CT molecular complexity index is 981. The molecule has 2 aromatic rings. The maximum Gasteiger partial charge on any atom is 0.417 e. The molecule has 2 rings (SSSR count). The lowest BCUT2D eigenvalue weighted by molar-refractivity contribution is -0.137. The third kappa shape index (κ3) is 5.49. The summed E-state index contributed by atoms with van der Waals surface area (Å²) in [5.74, 6) is 0. The van der Waals surface area contributed by atoms with E-state index < -0.39 is 38.1 Å². The van der Waals surface area contributed by atoms with Crippen molar-refractivity contribution in [1.29, 1.82) is 0 Å². The van der Waals surface area contributed by atoms with Gasteiger partial charge < -0.3 is 10.6 Å². The topological polar surface area (TPSA) is 100 Å². The summed E-state index contributed by atoms with van der Waals surface area (Å²) in [6.45, 7) is 3.17. The summed E-state index contributed by atoms with van der Waals surface area (Å²) in [4.78, 5) is 15.6. The fraction of sp³-hybridized carbons (Fsp3) is 0.250. The van der Waals surface area contributed by atoms with Gasteiger partial charge in [-0.15, -0.1) is 0 Å². The minimum Gasteiger partial charge on any atom is -0.354 e. The number of pyridine rings is 1. The molecular weight excluding hydrogens is 421 g/mol. The molecule has 28 heavy (non-hydrogen) atoms. The number of aromatic nitrogens is 1. The minimum absolute atomic E-state index is 0.00926. The standard InChI is InChI=1S/C16H16ClF3N4O3S/c1-9(2)22-15(25)28(26,27)24-14-8-21-6-5-13(14)23-10-3-4-12(17)11(7-10)16(18,19)20/h3-9,24H,1-2H3,(H,21,23)(H,22,25). The second-order valence-electron chi connectivity index (χ2n) is 5.93. The Balaban J connectivity index is 2.32. The molecule has 0 fully saturated rings. The number of rotatable bonds is 5. The van der Waals surface area contributed by atoms with Crippen molar-refractivity contribution in [2.75, 3.05) is 10.0 Å². The maximum atomic E-state index is 13.0. The van der Waals surface area contributed by atoms with Gasteiger partial charge in [0, 0.05) is 17.9 Å². The monoisotopic (exact) mass is 436 g/mol. The number of anilines is 3. The van der Waals surface area contributed by atoms with Gasteiger partial charge >= 0.3 is 21.4 Å². The normalized spacial score (nSPS) is 12.0. The third-order valence-electron chi connectivity index (χ3n) is 3.27. The number of benzene rings is 1. The molecule has 3 N–H and O–H groups in total. The number of alkyl halides is 3. The van der Waals surface area contributed by atoms with E-state index in [-0.39, 0.29) is 17.1 Å². The van der Waals surface area contributed by atoms with Crippen molar-refractivity contribution in [1.82, 2.24) is 10.3 Å². The number of carbonyl (C=O) groups excluding carboxylic acids is 1. The molecule has 0 spiro atoms. The van der Waals surface area contributed by atoms with Gasteiger partial charge in [0.05, 0.1) is 28.2 Å². The van der Waals surface area contributed by atoms with Crippen molar-refractivity contribution in [2.45, 2.75) is 26.1 Å². The molecule has 1 aromatic heterocycles. The first-order valence-electron chi connectivity index (χ1n) is 7.81. The van der Waals surface area contributed by atoms with Gasteiger partial charge in [0.2, 0.25) is 0 Å². The number of sulfonamides is 1. The Morgan fingerprint density at radius 2 is 1.86 bits per heavy atom. The van der Waals surface area contributed by atoms with Gasteiger partial charge in [-0.25, -0.2) is 0 Å². The maximum absolute atomic E-state index is 13.0. The highest BCUT2D eigenvalue weighted by Crippen LogP contribution is 2.37. The zero-order valence-electron chi connectivity index (χ0n) is 14.6. The van der Waals surface area contributed by atoms with Crippen LogP contribution in [0.1, 0.15) is 19.4 Å². The van der Waals surface area contributed by atoms with Crippen molar-refractivity contribution in [3.8, 4) is 0 Å². The van der Waals surface area contributed by atoms with Crippen LogP contribution < -0.4 is 15.4 Å². The Morgan fingerprint density at radius 3 is 2.46 bits per heavy atom. The van der Waals surface area contributed by atoms with Gasteiger partial charge in [0.25, 0.3) is 0 Å². The molecule has 1 amide bonds. The third-order valence-corrected chi connectivity index (χ3v) is 4.69. The first-order valence-corrected chi connectivity index (χ1v) is 9.67. The van der Waals surface area contributed by atoms with Crippen LogP contribution in [0.4, 0.5) is 35.0 Å². The van der Waals surface area contributed by atoms with E-state index >= 15 is 0 Å². The highest BCUT2D eigenvalue weighted by Gasteiger charge is 2.33. The van der Waals surface area contributed by atoms with Gasteiger partial charge in [-0.2, -0.15) is 21.6 Å². The molecule has 0 aliphatic heterocycles. The summed E-state index contributed by atoms with van der Waals surface area (Å²) in [6, 6.07) is 4.06. The van der Waals surface area contributed by atoms with Crippen LogP contribution in [0.3, 0.4) is 0 Å². The number of amides is 1. The zero-order valence-corrected chi connectivity index (χ0v) is 16.2. The predicted octanol–water partition coefficient (Wildman–Crippen LogP) is 4.36. The van der Waals surface area contributed by atoms with Crippen LogP contribution >= 0.6 is 11.6 Å². The SMILES string of the molecule is CC(C)NC(=O)S(=O)(=O)Nc1cnccc1Nc1ccc(Cl)c(C(F)(F)F)c1. The van der Waals surface area contributed by atoms with E-state index in [1.54, 1.807) is 13.8 Å². The molecule has 0 atom stereocenters. The Kier molecular flexibility index (Phi) is 6.40. The molecule has 0 unspecified atom stereocenters. The molecular formula is C16H16ClF3N4O3S. The van der Waals surface area contributed by atoms with E-state index in [1.807, 2.05) is 0 Å². The van der Waals surface area contributed by atoms with Crippen LogP contribution in [0.5, 0.6) is 0 Å². The largest absolute Gasteiger partial charge is 0.417 e. The molecule has 12 heteroatoms. The van der Waals surface area contributed by atoms with E-state index in [1.165, 1.54) is 18.3 Å². The van der Waals surface area contributed by atoms with E-state index in [4.69, 9.17) is 11.6 Å². The summed E-state index contributed by atoms with van der Waals surface area (Å²) in [5, 5.41) is 3.17. The predicted molar refractivity (Wildman–Crippen MR) is 100 cm³/mol. The lowest BCUT2D eigenvalue weighted by Gasteiger charge is -2.16. The van der Waals surface area contributed by atoms with Crippen molar-refractivity contribution in [3.63, 3.8) is 0 Å². The lowest BCUT2D eigenvalue weighted by Crippen LogP contribution is -2.37. The number of nitrogens with one attached hydrogen (secondary N) is 3. The number of carbonyl (C=O) groups is 1. The molecule has 0 saturated carbocycles. The first kappa shape index (κ1) is 21.8. The zero-order chi connectivity index (χ0) is 21.1. The van der Waals surface area contributed by atoms with E-state index in [0.29, 0.717) is 0 Å². The molecule has 7 nitrogen and oxygen atoms in total. The molecule has 0 radical (unpaired) electrons. The summed E-state index contributed by atoms with van der Waals surface area (Å²) >= 11 is 5.58. The van der Waals surface area contributed by atoms with Gasteiger partial charge in [-0.05, 0) is 38.1 Å². The first-order chi connectivity index (χ1) is 12.9. The van der Waals surface area contributed by atoms with Crippen molar-refractivity contribution < 1.29 is 26.4 Å². The van der Waals surface area contributed by atoms with Crippen LogP contribution in [0.25, 0.3) is 0 Å². The van der Waals surface area contributed by atoms with Gasteiger partial charge in [0.1, 0.15) is 0 Å². The van der Waals surface area contributed by atoms with Crippen LogP contribution in [0.15, 0.2) is 36.7 Å². The average Bonchev–Trinajstić information content (AvgIpc) is 2.56. The molecule has 1 aromatic carbocycles. The number of hydrogen-bond acceptors (Lipinski definition) is 5. The molecule has 0 bridgehead atoms. The second-order valence-corrected chi connectivity index (χ2v) is 7.92. The van der Waals surface area contributed by atoms with Gasteiger partial charge in [-0.1, -0.05) is 11.6 Å². The number of nitrogens with zero attached hydrogens (tertiary/aromatic N) is 1. The van der Waals surface area contributed by atoms with Crippen molar-refractivity contribution in [2.24, 2.45) is 0 Å². The highest BCUT2D eigenvalue weighted by molar-refractivity contribution is 8.07. The Labute approximate surface area is 164 Å². The molecule has 0 aliphatic rings. The summed E-state index contributed by atoms with van der Waals surface area (Å²) in [6.07, 6.45) is -2.25. The Hall–Kier alpha value is -2.53. The van der Waals surface area contributed by atoms with Crippen LogP contribution in [0.2, 0.25) is 5.02 Å². The minimum atomic E-state index is -4.66.